The van der Waals surface area contributed by atoms with Crippen LogP contribution in [0.25, 0.3) is 0 Å². The van der Waals surface area contributed by atoms with Gasteiger partial charge in [0.1, 0.15) is 0 Å². The summed E-state index contributed by atoms with van der Waals surface area (Å²) in [6.07, 6.45) is 15.1. The summed E-state index contributed by atoms with van der Waals surface area (Å²) in [7, 11) is 1.77. The van der Waals surface area contributed by atoms with Gasteiger partial charge in [-0.2, -0.15) is 0 Å². The molecule has 4 aliphatic carbocycles. The molecule has 1 amide bonds. The second kappa shape index (κ2) is 8.54. The third-order valence-electron chi connectivity index (χ3n) is 10.8. The van der Waals surface area contributed by atoms with Gasteiger partial charge in [-0.05, 0) is 110 Å². The minimum absolute atomic E-state index is 0. The summed E-state index contributed by atoms with van der Waals surface area (Å²) >= 11 is 0. The van der Waals surface area contributed by atoms with E-state index in [1.54, 1.807) is 7.05 Å². The van der Waals surface area contributed by atoms with Gasteiger partial charge in [0.05, 0.1) is 0 Å². The molecule has 29 heavy (non-hydrogen) atoms. The van der Waals surface area contributed by atoms with Gasteiger partial charge in [-0.3, -0.25) is 4.79 Å². The lowest BCUT2D eigenvalue weighted by atomic mass is 9.44. The first-order valence-corrected chi connectivity index (χ1v) is 12.5. The lowest BCUT2D eigenvalue weighted by molar-refractivity contribution is -0.123. The molecule has 0 spiro atoms. The maximum atomic E-state index is 11.8. The van der Waals surface area contributed by atoms with Gasteiger partial charge in [-0.25, -0.2) is 0 Å². The Bertz CT molecular complexity index is 587. The Morgan fingerprint density at radius 3 is 2.41 bits per heavy atom. The molecule has 0 heterocycles. The maximum absolute atomic E-state index is 11.8. The van der Waals surface area contributed by atoms with E-state index in [1.165, 1.54) is 57.8 Å². The van der Waals surface area contributed by atoms with Gasteiger partial charge in [-0.1, -0.05) is 41.5 Å². The first kappa shape index (κ1) is 23.1. The van der Waals surface area contributed by atoms with E-state index in [1.807, 2.05) is 0 Å². The van der Waals surface area contributed by atoms with Crippen molar-refractivity contribution in [3.05, 3.63) is 0 Å². The average Bonchev–Trinajstić information content (AvgIpc) is 3.03. The molecule has 2 heteroatoms. The van der Waals surface area contributed by atoms with Crippen molar-refractivity contribution in [3.63, 3.8) is 0 Å². The van der Waals surface area contributed by atoms with E-state index in [4.69, 9.17) is 0 Å². The Labute approximate surface area is 181 Å². The van der Waals surface area contributed by atoms with Crippen LogP contribution in [-0.4, -0.2) is 13.0 Å². The predicted octanol–water partition coefficient (Wildman–Crippen LogP) is 7.08. The molecule has 0 aliphatic heterocycles. The highest BCUT2D eigenvalue weighted by Crippen LogP contribution is 2.68. The van der Waals surface area contributed by atoms with Gasteiger partial charge in [0.25, 0.3) is 0 Å². The number of fused-ring (bicyclic) bond motifs is 5. The number of nitrogens with one attached hydrogen (secondary N) is 1. The van der Waals surface area contributed by atoms with Gasteiger partial charge in [0, 0.05) is 13.5 Å². The number of carbonyl (C=O) groups excluding carboxylic acids is 1. The number of amides is 1. The highest BCUT2D eigenvalue weighted by molar-refractivity contribution is 5.75. The maximum Gasteiger partial charge on any atom is 0.219 e. The fourth-order valence-corrected chi connectivity index (χ4v) is 9.13. The zero-order valence-electron chi connectivity index (χ0n) is 19.2. The molecule has 9 unspecified atom stereocenters. The van der Waals surface area contributed by atoms with E-state index in [0.29, 0.717) is 23.2 Å². The Morgan fingerprint density at radius 1 is 1.00 bits per heavy atom. The first-order chi connectivity index (χ1) is 13.3. The molecule has 168 valence electrons. The van der Waals surface area contributed by atoms with Crippen molar-refractivity contribution in [1.82, 2.24) is 5.32 Å². The van der Waals surface area contributed by atoms with Crippen molar-refractivity contribution in [1.29, 1.82) is 0 Å². The van der Waals surface area contributed by atoms with Crippen molar-refractivity contribution in [2.24, 2.45) is 52.3 Å². The molecule has 0 aromatic carbocycles. The number of carbonyl (C=O) groups is 1. The third-order valence-corrected chi connectivity index (χ3v) is 10.8. The van der Waals surface area contributed by atoms with E-state index in [9.17, 15) is 4.79 Å². The van der Waals surface area contributed by atoms with Crippen LogP contribution in [0.5, 0.6) is 0 Å². The molecule has 0 aromatic heterocycles. The third kappa shape index (κ3) is 3.80. The quantitative estimate of drug-likeness (QED) is 0.534. The number of hydrogen-bond donors (Lipinski definition) is 1. The zero-order chi connectivity index (χ0) is 20.1. The molecule has 2 nitrogen and oxygen atoms in total. The van der Waals surface area contributed by atoms with Crippen LogP contribution in [0.1, 0.15) is 106 Å². The van der Waals surface area contributed by atoms with Crippen LogP contribution in [0.15, 0.2) is 0 Å². The molecule has 0 aromatic rings. The van der Waals surface area contributed by atoms with E-state index in [0.717, 1.165) is 41.9 Å². The minimum atomic E-state index is 0. The standard InChI is InChI=1S/C26H45NO.CH4/c1-17-12-14-25(3)19(16-17)7-8-20-22-10-9-21(18(2)6-11-24(28)27-5)26(22,4)15-13-23(20)25;/h17-23H,6-16H2,1-5H3,(H,27,28);1H4. The van der Waals surface area contributed by atoms with Crippen molar-refractivity contribution in [2.75, 3.05) is 7.05 Å². The van der Waals surface area contributed by atoms with E-state index in [-0.39, 0.29) is 13.3 Å². The van der Waals surface area contributed by atoms with Gasteiger partial charge in [0.15, 0.2) is 0 Å². The summed E-state index contributed by atoms with van der Waals surface area (Å²) < 4.78 is 0. The lowest BCUT2D eigenvalue weighted by Crippen LogP contribution is -2.53. The average molecular weight is 404 g/mol. The van der Waals surface area contributed by atoms with Gasteiger partial charge in [0.2, 0.25) is 5.91 Å². The molecule has 0 saturated heterocycles. The van der Waals surface area contributed by atoms with Crippen LogP contribution < -0.4 is 5.32 Å². The summed E-state index contributed by atoms with van der Waals surface area (Å²) in [6, 6.07) is 0. The van der Waals surface area contributed by atoms with Crippen LogP contribution >= 0.6 is 0 Å². The number of rotatable bonds is 4. The fraction of sp³-hybridized carbons (Fsp3) is 0.963. The Hall–Kier alpha value is -0.530. The highest BCUT2D eigenvalue weighted by atomic mass is 16.1. The second-order valence-corrected chi connectivity index (χ2v) is 12.0. The van der Waals surface area contributed by atoms with Crippen molar-refractivity contribution < 1.29 is 4.79 Å². The summed E-state index contributed by atoms with van der Waals surface area (Å²) in [5, 5.41) is 2.81. The number of hydrogen-bond acceptors (Lipinski definition) is 1. The van der Waals surface area contributed by atoms with Gasteiger partial charge < -0.3 is 5.32 Å². The summed E-state index contributed by atoms with van der Waals surface area (Å²) in [5.74, 6) is 6.64. The normalized spacial score (nSPS) is 47.2. The SMILES string of the molecule is C.CNC(=O)CCC(C)C1CCC2C3CCC4CC(C)CCC4(C)C3CCC12C. The molecule has 0 bridgehead atoms. The lowest BCUT2D eigenvalue weighted by Gasteiger charge is -2.61. The van der Waals surface area contributed by atoms with Crippen LogP contribution in [0.2, 0.25) is 0 Å². The fourth-order valence-electron chi connectivity index (χ4n) is 9.13. The Morgan fingerprint density at radius 2 is 1.69 bits per heavy atom. The largest absolute Gasteiger partial charge is 0.359 e. The molecular formula is C27H49NO. The topological polar surface area (TPSA) is 29.1 Å². The van der Waals surface area contributed by atoms with E-state index in [2.05, 4.69) is 33.0 Å². The Balaban J connectivity index is 0.00000240. The van der Waals surface area contributed by atoms with Gasteiger partial charge >= 0.3 is 0 Å². The molecule has 1 N–H and O–H groups in total. The van der Waals surface area contributed by atoms with E-state index < -0.39 is 0 Å². The summed E-state index contributed by atoms with van der Waals surface area (Å²) in [5.41, 5.74) is 1.17. The molecule has 4 fully saturated rings. The minimum Gasteiger partial charge on any atom is -0.359 e. The molecule has 9 atom stereocenters. The van der Waals surface area contributed by atoms with Crippen LogP contribution in [0.3, 0.4) is 0 Å². The van der Waals surface area contributed by atoms with Gasteiger partial charge in [-0.15, -0.1) is 0 Å². The predicted molar refractivity (Wildman–Crippen MR) is 124 cm³/mol. The second-order valence-electron chi connectivity index (χ2n) is 12.0. The van der Waals surface area contributed by atoms with Crippen molar-refractivity contribution in [2.45, 2.75) is 106 Å². The molecule has 4 rings (SSSR count). The van der Waals surface area contributed by atoms with Crippen LogP contribution in [-0.2, 0) is 4.79 Å². The summed E-state index contributed by atoms with van der Waals surface area (Å²) in [4.78, 5) is 11.8. The molecular weight excluding hydrogens is 354 g/mol. The van der Waals surface area contributed by atoms with Crippen LogP contribution in [0, 0.1) is 52.3 Å². The molecule has 4 saturated carbocycles. The highest BCUT2D eigenvalue weighted by Gasteiger charge is 2.60. The van der Waals surface area contributed by atoms with E-state index >= 15 is 0 Å². The van der Waals surface area contributed by atoms with Crippen molar-refractivity contribution >= 4 is 5.91 Å². The van der Waals surface area contributed by atoms with Crippen LogP contribution in [0.4, 0.5) is 0 Å². The molecule has 0 radical (unpaired) electrons. The smallest absolute Gasteiger partial charge is 0.219 e. The zero-order valence-corrected chi connectivity index (χ0v) is 19.2. The Kier molecular flexibility index (Phi) is 6.82. The monoisotopic (exact) mass is 403 g/mol. The van der Waals surface area contributed by atoms with Crippen molar-refractivity contribution in [3.8, 4) is 0 Å². The summed E-state index contributed by atoms with van der Waals surface area (Å²) in [6.45, 7) is 10.3. The molecule has 4 aliphatic rings. The first-order valence-electron chi connectivity index (χ1n) is 12.5.